The van der Waals surface area contributed by atoms with Crippen LogP contribution in [0.1, 0.15) is 23.6 Å². The molecule has 0 aliphatic carbocycles. The first-order valence-corrected chi connectivity index (χ1v) is 12.2. The van der Waals surface area contributed by atoms with Gasteiger partial charge in [0.2, 0.25) is 0 Å². The van der Waals surface area contributed by atoms with Crippen LogP contribution in [0.4, 0.5) is 0 Å². The molecule has 0 unspecified atom stereocenters. The SMILES string of the molecule is CCOc1cccc2cc(-c3cc(=O)oc4c5c(ccc34)OCN(Cc3ccc(C)cc3)C5)c(=O)oc12. The Morgan fingerprint density at radius 3 is 2.57 bits per heavy atom. The summed E-state index contributed by atoms with van der Waals surface area (Å²) >= 11 is 0. The highest BCUT2D eigenvalue weighted by molar-refractivity contribution is 5.97. The predicted octanol–water partition coefficient (Wildman–Crippen LogP) is 5.63. The zero-order valence-corrected chi connectivity index (χ0v) is 20.6. The smallest absolute Gasteiger partial charge is 0.344 e. The van der Waals surface area contributed by atoms with Crippen molar-refractivity contribution >= 4 is 21.9 Å². The molecule has 0 bridgehead atoms. The second kappa shape index (κ2) is 9.26. The van der Waals surface area contributed by atoms with Crippen molar-refractivity contribution in [3.05, 3.63) is 104 Å². The predicted molar refractivity (Wildman–Crippen MR) is 141 cm³/mol. The largest absolute Gasteiger partial charge is 0.490 e. The molecule has 0 saturated carbocycles. The van der Waals surface area contributed by atoms with E-state index in [0.29, 0.717) is 65.4 Å². The van der Waals surface area contributed by atoms with E-state index in [1.807, 2.05) is 31.2 Å². The Morgan fingerprint density at radius 1 is 0.919 bits per heavy atom. The number of fused-ring (bicyclic) bond motifs is 4. The third-order valence-corrected chi connectivity index (χ3v) is 6.60. The first kappa shape index (κ1) is 23.1. The molecule has 0 amide bonds. The monoisotopic (exact) mass is 495 g/mol. The van der Waals surface area contributed by atoms with Gasteiger partial charge in [-0.05, 0) is 43.7 Å². The van der Waals surface area contributed by atoms with Crippen molar-refractivity contribution in [2.24, 2.45) is 0 Å². The van der Waals surface area contributed by atoms with Gasteiger partial charge >= 0.3 is 11.3 Å². The molecule has 37 heavy (non-hydrogen) atoms. The van der Waals surface area contributed by atoms with Crippen LogP contribution in [0.15, 0.2) is 85.2 Å². The molecule has 0 saturated heterocycles. The zero-order chi connectivity index (χ0) is 25.5. The van der Waals surface area contributed by atoms with Gasteiger partial charge in [-0.1, -0.05) is 42.0 Å². The van der Waals surface area contributed by atoms with Gasteiger partial charge in [0.1, 0.15) is 18.1 Å². The van der Waals surface area contributed by atoms with Crippen LogP contribution < -0.4 is 20.7 Å². The van der Waals surface area contributed by atoms with Crippen LogP contribution in [0, 0.1) is 6.92 Å². The molecule has 0 spiro atoms. The lowest BCUT2D eigenvalue weighted by molar-refractivity contribution is 0.0890. The lowest BCUT2D eigenvalue weighted by atomic mass is 9.99. The summed E-state index contributed by atoms with van der Waals surface area (Å²) in [5, 5.41) is 1.35. The summed E-state index contributed by atoms with van der Waals surface area (Å²) in [7, 11) is 0. The number of nitrogens with zero attached hydrogens (tertiary/aromatic N) is 1. The number of hydrogen-bond acceptors (Lipinski definition) is 7. The van der Waals surface area contributed by atoms with E-state index < -0.39 is 11.3 Å². The Balaban J connectivity index is 1.45. The van der Waals surface area contributed by atoms with Crippen molar-refractivity contribution in [3.8, 4) is 22.6 Å². The molecule has 5 aromatic rings. The molecule has 0 N–H and O–H groups in total. The van der Waals surface area contributed by atoms with E-state index in [1.54, 1.807) is 12.1 Å². The summed E-state index contributed by atoms with van der Waals surface area (Å²) in [6, 6.07) is 20.6. The third-order valence-electron chi connectivity index (χ3n) is 6.60. The van der Waals surface area contributed by atoms with Gasteiger partial charge in [0.15, 0.2) is 11.3 Å². The Labute approximate surface area is 212 Å². The van der Waals surface area contributed by atoms with Crippen LogP contribution >= 0.6 is 0 Å². The fourth-order valence-corrected chi connectivity index (χ4v) is 4.83. The first-order chi connectivity index (χ1) is 18.0. The van der Waals surface area contributed by atoms with Crippen LogP contribution in [0.3, 0.4) is 0 Å². The van der Waals surface area contributed by atoms with Gasteiger partial charge in [-0.3, -0.25) is 4.90 Å². The molecule has 186 valence electrons. The van der Waals surface area contributed by atoms with Crippen molar-refractivity contribution in [2.75, 3.05) is 13.3 Å². The van der Waals surface area contributed by atoms with Crippen LogP contribution in [0.5, 0.6) is 11.5 Å². The Hall–Kier alpha value is -4.36. The summed E-state index contributed by atoms with van der Waals surface area (Å²) < 4.78 is 23.0. The molecule has 2 aromatic heterocycles. The Bertz CT molecular complexity index is 1750. The average Bonchev–Trinajstić information content (AvgIpc) is 2.90. The number of benzene rings is 3. The van der Waals surface area contributed by atoms with Gasteiger partial charge in [0, 0.05) is 35.5 Å². The molecule has 0 atom stereocenters. The fourth-order valence-electron chi connectivity index (χ4n) is 4.83. The van der Waals surface area contributed by atoms with Gasteiger partial charge in [-0.2, -0.15) is 0 Å². The third kappa shape index (κ3) is 4.27. The minimum Gasteiger partial charge on any atom is -0.490 e. The van der Waals surface area contributed by atoms with E-state index in [9.17, 15) is 9.59 Å². The topological polar surface area (TPSA) is 82.1 Å². The van der Waals surface area contributed by atoms with Crippen molar-refractivity contribution in [3.63, 3.8) is 0 Å². The second-order valence-electron chi connectivity index (χ2n) is 9.20. The van der Waals surface area contributed by atoms with Crippen LogP contribution in [-0.2, 0) is 13.1 Å². The van der Waals surface area contributed by atoms with Crippen molar-refractivity contribution in [1.82, 2.24) is 4.90 Å². The summed E-state index contributed by atoms with van der Waals surface area (Å²) in [5.74, 6) is 1.17. The van der Waals surface area contributed by atoms with Gasteiger partial charge in [0.05, 0.1) is 17.7 Å². The minimum atomic E-state index is -0.554. The van der Waals surface area contributed by atoms with Crippen molar-refractivity contribution < 1.29 is 18.3 Å². The second-order valence-corrected chi connectivity index (χ2v) is 9.20. The number of ether oxygens (including phenoxy) is 2. The lowest BCUT2D eigenvalue weighted by Gasteiger charge is -2.29. The number of para-hydroxylation sites is 1. The summed E-state index contributed by atoms with van der Waals surface area (Å²) in [6.45, 7) is 6.03. The number of rotatable bonds is 5. The lowest BCUT2D eigenvalue weighted by Crippen LogP contribution is -2.31. The van der Waals surface area contributed by atoms with E-state index in [-0.39, 0.29) is 5.56 Å². The molecule has 0 fully saturated rings. The number of hydrogen-bond donors (Lipinski definition) is 0. The highest BCUT2D eigenvalue weighted by Gasteiger charge is 2.24. The van der Waals surface area contributed by atoms with Crippen LogP contribution in [-0.4, -0.2) is 18.2 Å². The Kier molecular flexibility index (Phi) is 5.77. The van der Waals surface area contributed by atoms with E-state index in [0.717, 1.165) is 5.56 Å². The highest BCUT2D eigenvalue weighted by atomic mass is 16.5. The van der Waals surface area contributed by atoms with Crippen molar-refractivity contribution in [1.29, 1.82) is 0 Å². The summed E-state index contributed by atoms with van der Waals surface area (Å²) in [6.07, 6.45) is 0. The molecular formula is C30H25NO6. The van der Waals surface area contributed by atoms with E-state index >= 15 is 0 Å². The van der Waals surface area contributed by atoms with E-state index in [2.05, 4.69) is 36.1 Å². The fraction of sp³-hybridized carbons (Fsp3) is 0.200. The van der Waals surface area contributed by atoms with Crippen LogP contribution in [0.2, 0.25) is 0 Å². The molecular weight excluding hydrogens is 470 g/mol. The molecule has 1 aliphatic heterocycles. The highest BCUT2D eigenvalue weighted by Crippen LogP contribution is 2.37. The van der Waals surface area contributed by atoms with Gasteiger partial charge in [-0.25, -0.2) is 9.59 Å². The van der Waals surface area contributed by atoms with Gasteiger partial charge < -0.3 is 18.3 Å². The van der Waals surface area contributed by atoms with Gasteiger partial charge in [0.25, 0.3) is 0 Å². The number of aryl methyl sites for hydroxylation is 1. The maximum absolute atomic E-state index is 13.1. The summed E-state index contributed by atoms with van der Waals surface area (Å²) in [4.78, 5) is 28.0. The summed E-state index contributed by atoms with van der Waals surface area (Å²) in [5.41, 5.74) is 3.58. The first-order valence-electron chi connectivity index (χ1n) is 12.2. The van der Waals surface area contributed by atoms with Crippen LogP contribution in [0.25, 0.3) is 33.1 Å². The molecule has 0 radical (unpaired) electrons. The van der Waals surface area contributed by atoms with E-state index in [4.69, 9.17) is 18.3 Å². The van der Waals surface area contributed by atoms with Crippen molar-refractivity contribution in [2.45, 2.75) is 26.9 Å². The molecule has 6 rings (SSSR count). The zero-order valence-electron chi connectivity index (χ0n) is 20.6. The quantitative estimate of drug-likeness (QED) is 0.293. The average molecular weight is 496 g/mol. The van der Waals surface area contributed by atoms with Gasteiger partial charge in [-0.15, -0.1) is 0 Å². The molecule has 1 aliphatic rings. The molecule has 3 aromatic carbocycles. The maximum Gasteiger partial charge on any atom is 0.344 e. The Morgan fingerprint density at radius 2 is 1.76 bits per heavy atom. The van der Waals surface area contributed by atoms with E-state index in [1.165, 1.54) is 17.2 Å². The molecule has 7 heteroatoms. The maximum atomic E-state index is 13.1. The minimum absolute atomic E-state index is 0.284. The standard InChI is InChI=1S/C30H25NO6/c1-3-34-26-6-4-5-20-13-23(30(33)37-28(20)26)22-14-27(32)36-29-21(22)11-12-25-24(29)16-31(17-35-25)15-19-9-7-18(2)8-10-19/h4-14H,3,15-17H2,1-2H3. The molecule has 3 heterocycles. The molecule has 7 nitrogen and oxygen atoms in total. The normalized spacial score (nSPS) is 13.5.